The fourth-order valence-corrected chi connectivity index (χ4v) is 3.13. The van der Waals surface area contributed by atoms with Gasteiger partial charge in [0.1, 0.15) is 0 Å². The third-order valence-electron chi connectivity index (χ3n) is 4.24. The highest BCUT2D eigenvalue weighted by atomic mass is 16.5. The minimum absolute atomic E-state index is 0.0149. The average Bonchev–Trinajstić information content (AvgIpc) is 2.93. The molecular formula is C14H23N5O2. The lowest BCUT2D eigenvalue weighted by Gasteiger charge is -2.38. The van der Waals surface area contributed by atoms with E-state index in [2.05, 4.69) is 15.2 Å². The van der Waals surface area contributed by atoms with E-state index in [0.29, 0.717) is 32.8 Å². The Kier molecular flexibility index (Phi) is 4.50. The fraction of sp³-hybridized carbons (Fsp3) is 0.786. The molecule has 21 heavy (non-hydrogen) atoms. The van der Waals surface area contributed by atoms with Gasteiger partial charge in [0, 0.05) is 32.9 Å². The summed E-state index contributed by atoms with van der Waals surface area (Å²) in [4.78, 5) is 16.9. The number of carbonyl (C=O) groups excluding carboxylic acids is 1. The molecule has 0 spiro atoms. The van der Waals surface area contributed by atoms with Crippen LogP contribution in [-0.4, -0.2) is 69.6 Å². The molecule has 116 valence electrons. The van der Waals surface area contributed by atoms with Crippen molar-refractivity contribution in [3.05, 3.63) is 11.9 Å². The Morgan fingerprint density at radius 3 is 2.86 bits per heavy atom. The van der Waals surface area contributed by atoms with Crippen molar-refractivity contribution in [1.82, 2.24) is 24.8 Å². The Morgan fingerprint density at radius 1 is 1.33 bits per heavy atom. The molecular weight excluding hydrogens is 270 g/mol. The Bertz CT molecular complexity index is 483. The molecule has 2 aliphatic rings. The third-order valence-corrected chi connectivity index (χ3v) is 4.24. The average molecular weight is 293 g/mol. The summed E-state index contributed by atoms with van der Waals surface area (Å²) in [5.74, 6) is 0.252. The van der Waals surface area contributed by atoms with Crippen LogP contribution in [0.15, 0.2) is 6.20 Å². The SMILES string of the molecule is Cn1cc(CN2CCCC[C@H]2C(=O)N2CCOCC2)nn1. The minimum Gasteiger partial charge on any atom is -0.378 e. The quantitative estimate of drug-likeness (QED) is 0.787. The molecule has 7 nitrogen and oxygen atoms in total. The van der Waals surface area contributed by atoms with Crippen LogP contribution >= 0.6 is 0 Å². The number of piperidine rings is 1. The maximum Gasteiger partial charge on any atom is 0.240 e. The van der Waals surface area contributed by atoms with Gasteiger partial charge in [0.2, 0.25) is 5.91 Å². The van der Waals surface area contributed by atoms with Crippen LogP contribution in [0.1, 0.15) is 25.0 Å². The molecule has 0 radical (unpaired) electrons. The number of carbonyl (C=O) groups is 1. The van der Waals surface area contributed by atoms with Crippen molar-refractivity contribution >= 4 is 5.91 Å². The second kappa shape index (κ2) is 6.53. The summed E-state index contributed by atoms with van der Waals surface area (Å²) >= 11 is 0. The molecule has 3 heterocycles. The van der Waals surface area contributed by atoms with Crippen LogP contribution in [0.5, 0.6) is 0 Å². The fourth-order valence-electron chi connectivity index (χ4n) is 3.13. The summed E-state index contributed by atoms with van der Waals surface area (Å²) in [5.41, 5.74) is 0.930. The highest BCUT2D eigenvalue weighted by Gasteiger charge is 2.32. The summed E-state index contributed by atoms with van der Waals surface area (Å²) in [5, 5.41) is 8.11. The Labute approximate surface area is 124 Å². The first-order chi connectivity index (χ1) is 10.2. The summed E-state index contributed by atoms with van der Waals surface area (Å²) < 4.78 is 7.04. The predicted octanol–water partition coefficient (Wildman–Crippen LogP) is 0.0284. The van der Waals surface area contributed by atoms with Crippen LogP contribution in [0.4, 0.5) is 0 Å². The molecule has 0 N–H and O–H groups in total. The maximum absolute atomic E-state index is 12.7. The van der Waals surface area contributed by atoms with Crippen LogP contribution < -0.4 is 0 Å². The number of hydrogen-bond acceptors (Lipinski definition) is 5. The molecule has 1 aromatic heterocycles. The molecule has 1 aromatic rings. The zero-order chi connectivity index (χ0) is 14.7. The first-order valence-corrected chi connectivity index (χ1v) is 7.70. The van der Waals surface area contributed by atoms with Gasteiger partial charge in [0.25, 0.3) is 0 Å². The number of nitrogens with zero attached hydrogens (tertiary/aromatic N) is 5. The zero-order valence-corrected chi connectivity index (χ0v) is 12.6. The van der Waals surface area contributed by atoms with Crippen molar-refractivity contribution in [2.45, 2.75) is 31.8 Å². The highest BCUT2D eigenvalue weighted by molar-refractivity contribution is 5.82. The van der Waals surface area contributed by atoms with Crippen LogP contribution in [0.3, 0.4) is 0 Å². The molecule has 2 saturated heterocycles. The number of hydrogen-bond donors (Lipinski definition) is 0. The van der Waals surface area contributed by atoms with Crippen LogP contribution in [0.2, 0.25) is 0 Å². The monoisotopic (exact) mass is 293 g/mol. The maximum atomic E-state index is 12.7. The number of rotatable bonds is 3. The predicted molar refractivity (Wildman–Crippen MR) is 76.5 cm³/mol. The van der Waals surface area contributed by atoms with Crippen molar-refractivity contribution in [2.24, 2.45) is 7.05 Å². The summed E-state index contributed by atoms with van der Waals surface area (Å²) in [6, 6.07) is -0.0149. The van der Waals surface area contributed by atoms with E-state index < -0.39 is 0 Å². The van der Waals surface area contributed by atoms with Gasteiger partial charge in [-0.3, -0.25) is 14.4 Å². The summed E-state index contributed by atoms with van der Waals surface area (Å²) in [6.07, 6.45) is 5.13. The van der Waals surface area contributed by atoms with E-state index >= 15 is 0 Å². The molecule has 0 aromatic carbocycles. The first kappa shape index (κ1) is 14.5. The van der Waals surface area contributed by atoms with Gasteiger partial charge in [-0.05, 0) is 19.4 Å². The molecule has 0 saturated carbocycles. The molecule has 0 unspecified atom stereocenters. The largest absolute Gasteiger partial charge is 0.378 e. The van der Waals surface area contributed by atoms with Gasteiger partial charge in [-0.25, -0.2) is 0 Å². The van der Waals surface area contributed by atoms with E-state index in [1.54, 1.807) is 4.68 Å². The number of morpholine rings is 1. The first-order valence-electron chi connectivity index (χ1n) is 7.70. The Balaban J connectivity index is 1.67. The van der Waals surface area contributed by atoms with Crippen molar-refractivity contribution < 1.29 is 9.53 Å². The highest BCUT2D eigenvalue weighted by Crippen LogP contribution is 2.21. The summed E-state index contributed by atoms with van der Waals surface area (Å²) in [6.45, 7) is 4.40. The molecule has 2 aliphatic heterocycles. The lowest BCUT2D eigenvalue weighted by atomic mass is 10.0. The van der Waals surface area contributed by atoms with E-state index in [1.165, 1.54) is 0 Å². The van der Waals surface area contributed by atoms with Gasteiger partial charge in [0.15, 0.2) is 0 Å². The van der Waals surface area contributed by atoms with E-state index in [1.807, 2.05) is 18.1 Å². The molecule has 7 heteroatoms. The number of aryl methyl sites for hydroxylation is 1. The van der Waals surface area contributed by atoms with Gasteiger partial charge < -0.3 is 9.64 Å². The zero-order valence-electron chi connectivity index (χ0n) is 12.6. The number of aromatic nitrogens is 3. The Morgan fingerprint density at radius 2 is 2.14 bits per heavy atom. The van der Waals surface area contributed by atoms with Crippen LogP contribution in [0.25, 0.3) is 0 Å². The Hall–Kier alpha value is -1.47. The van der Waals surface area contributed by atoms with E-state index in [-0.39, 0.29) is 11.9 Å². The summed E-state index contributed by atoms with van der Waals surface area (Å²) in [7, 11) is 1.86. The lowest BCUT2D eigenvalue weighted by molar-refractivity contribution is -0.142. The molecule has 1 amide bonds. The number of amides is 1. The number of likely N-dealkylation sites (tertiary alicyclic amines) is 1. The van der Waals surface area contributed by atoms with Crippen molar-refractivity contribution in [2.75, 3.05) is 32.8 Å². The lowest BCUT2D eigenvalue weighted by Crippen LogP contribution is -2.53. The second-order valence-electron chi connectivity index (χ2n) is 5.80. The van der Waals surface area contributed by atoms with Gasteiger partial charge in [-0.2, -0.15) is 0 Å². The smallest absolute Gasteiger partial charge is 0.240 e. The van der Waals surface area contributed by atoms with Crippen LogP contribution in [0, 0.1) is 0 Å². The molecule has 2 fully saturated rings. The van der Waals surface area contributed by atoms with E-state index in [9.17, 15) is 4.79 Å². The normalized spacial score (nSPS) is 24.2. The van der Waals surface area contributed by atoms with E-state index in [4.69, 9.17) is 4.74 Å². The number of ether oxygens (including phenoxy) is 1. The van der Waals surface area contributed by atoms with Crippen molar-refractivity contribution in [3.63, 3.8) is 0 Å². The van der Waals surface area contributed by atoms with Gasteiger partial charge in [0.05, 0.1) is 24.9 Å². The van der Waals surface area contributed by atoms with Crippen LogP contribution in [-0.2, 0) is 23.1 Å². The molecule has 0 aliphatic carbocycles. The molecule has 3 rings (SSSR count). The van der Waals surface area contributed by atoms with Gasteiger partial charge in [-0.1, -0.05) is 11.6 Å². The second-order valence-corrected chi connectivity index (χ2v) is 5.80. The molecule has 0 bridgehead atoms. The molecule has 1 atom stereocenters. The minimum atomic E-state index is -0.0149. The standard InChI is InChI=1S/C14H23N5O2/c1-17-10-12(15-16-17)11-19-5-3-2-4-13(19)14(20)18-6-8-21-9-7-18/h10,13H,2-9,11H2,1H3/t13-/m0/s1. The topological polar surface area (TPSA) is 63.5 Å². The van der Waals surface area contributed by atoms with Gasteiger partial charge >= 0.3 is 0 Å². The van der Waals surface area contributed by atoms with E-state index in [0.717, 1.165) is 31.5 Å². The third kappa shape index (κ3) is 3.41. The van der Waals surface area contributed by atoms with Gasteiger partial charge in [-0.15, -0.1) is 5.10 Å². The van der Waals surface area contributed by atoms with Crippen molar-refractivity contribution in [3.8, 4) is 0 Å². The van der Waals surface area contributed by atoms with Crippen molar-refractivity contribution in [1.29, 1.82) is 0 Å².